The predicted octanol–water partition coefficient (Wildman–Crippen LogP) is 3.91. The van der Waals surface area contributed by atoms with Crippen molar-refractivity contribution < 1.29 is 4.79 Å². The van der Waals surface area contributed by atoms with Crippen LogP contribution < -0.4 is 16.0 Å². The van der Waals surface area contributed by atoms with E-state index in [9.17, 15) is 4.79 Å². The molecule has 30 heavy (non-hydrogen) atoms. The number of thiazole rings is 1. The van der Waals surface area contributed by atoms with E-state index in [0.717, 1.165) is 36.5 Å². The van der Waals surface area contributed by atoms with Gasteiger partial charge in [0.15, 0.2) is 10.9 Å². The summed E-state index contributed by atoms with van der Waals surface area (Å²) in [4.78, 5) is 28.8. The number of nitrogens with one attached hydrogen (secondary N) is 1. The van der Waals surface area contributed by atoms with Gasteiger partial charge < -0.3 is 16.0 Å². The molecule has 1 fully saturated rings. The number of halogens is 1. The molecular formula is C21H23ClN6OS. The van der Waals surface area contributed by atoms with Crippen molar-refractivity contribution in [1.29, 1.82) is 0 Å². The number of carbonyl (C=O) groups excluding carboxylic acids is 1. The molecule has 1 saturated heterocycles. The molecule has 2 aromatic heterocycles. The smallest absolute Gasteiger partial charge is 0.188 e. The second kappa shape index (κ2) is 8.67. The molecule has 0 saturated carbocycles. The van der Waals surface area contributed by atoms with Crippen LogP contribution in [0.1, 0.15) is 33.0 Å². The van der Waals surface area contributed by atoms with E-state index in [0.29, 0.717) is 26.7 Å². The minimum Gasteiger partial charge on any atom is -0.355 e. The van der Waals surface area contributed by atoms with E-state index in [4.69, 9.17) is 17.3 Å². The Morgan fingerprint density at radius 3 is 2.93 bits per heavy atom. The maximum absolute atomic E-state index is 12.7. The number of hydrogen-bond acceptors (Lipinski definition) is 8. The van der Waals surface area contributed by atoms with Crippen LogP contribution in [0.3, 0.4) is 0 Å². The van der Waals surface area contributed by atoms with Gasteiger partial charge in [-0.2, -0.15) is 0 Å². The SMILES string of the molecule is Cc1nc(Nc2ncc(C(=O)Cc3c(C)cccc3Cl)s2)cc(N2CC[C@H](N)C2)n1. The zero-order valence-electron chi connectivity index (χ0n) is 16.9. The fourth-order valence-corrected chi connectivity index (χ4v) is 4.53. The highest BCUT2D eigenvalue weighted by molar-refractivity contribution is 7.17. The van der Waals surface area contributed by atoms with E-state index in [2.05, 4.69) is 25.2 Å². The lowest BCUT2D eigenvalue weighted by Crippen LogP contribution is -2.27. The number of hydrogen-bond donors (Lipinski definition) is 2. The summed E-state index contributed by atoms with van der Waals surface area (Å²) >= 11 is 7.57. The normalized spacial score (nSPS) is 16.1. The number of anilines is 3. The molecule has 0 radical (unpaired) electrons. The Bertz CT molecular complexity index is 1060. The summed E-state index contributed by atoms with van der Waals surface area (Å²) in [5, 5.41) is 4.42. The van der Waals surface area contributed by atoms with Crippen LogP contribution in [0.15, 0.2) is 30.5 Å². The molecule has 1 aliphatic rings. The van der Waals surface area contributed by atoms with Gasteiger partial charge in [0.25, 0.3) is 0 Å². The molecule has 1 aliphatic heterocycles. The van der Waals surface area contributed by atoms with E-state index >= 15 is 0 Å². The Hall–Kier alpha value is -2.55. The van der Waals surface area contributed by atoms with Crippen LogP contribution in [0, 0.1) is 13.8 Å². The monoisotopic (exact) mass is 442 g/mol. The van der Waals surface area contributed by atoms with Gasteiger partial charge in [0, 0.05) is 36.6 Å². The lowest BCUT2D eigenvalue weighted by molar-refractivity contribution is 0.0996. The maximum Gasteiger partial charge on any atom is 0.188 e. The van der Waals surface area contributed by atoms with Gasteiger partial charge in [0.05, 0.1) is 11.1 Å². The Morgan fingerprint density at radius 2 is 2.20 bits per heavy atom. The lowest BCUT2D eigenvalue weighted by atomic mass is 10.0. The molecule has 3 aromatic rings. The highest BCUT2D eigenvalue weighted by Crippen LogP contribution is 2.27. The molecule has 0 amide bonds. The standard InChI is InChI=1S/C21H23ClN6OS/c1-12-4-3-5-16(22)15(12)8-17(29)18-10-24-21(30-18)27-19-9-20(26-13(2)25-19)28-7-6-14(23)11-28/h3-5,9-10,14H,6-8,11,23H2,1-2H3,(H,24,25,26,27)/t14-/m0/s1. The molecule has 9 heteroatoms. The second-order valence-electron chi connectivity index (χ2n) is 7.44. The van der Waals surface area contributed by atoms with Crippen LogP contribution in [-0.4, -0.2) is 39.9 Å². The number of carbonyl (C=O) groups is 1. The predicted molar refractivity (Wildman–Crippen MR) is 121 cm³/mol. The Labute approximate surface area is 184 Å². The quantitative estimate of drug-likeness (QED) is 0.558. The largest absolute Gasteiger partial charge is 0.355 e. The van der Waals surface area contributed by atoms with Crippen molar-refractivity contribution in [3.63, 3.8) is 0 Å². The van der Waals surface area contributed by atoms with Crippen molar-refractivity contribution in [2.24, 2.45) is 5.73 Å². The number of rotatable bonds is 6. The molecule has 0 unspecified atom stereocenters. The van der Waals surface area contributed by atoms with Gasteiger partial charge in [-0.15, -0.1) is 0 Å². The Morgan fingerprint density at radius 1 is 1.37 bits per heavy atom. The van der Waals surface area contributed by atoms with Crippen molar-refractivity contribution in [1.82, 2.24) is 15.0 Å². The van der Waals surface area contributed by atoms with E-state index in [-0.39, 0.29) is 18.2 Å². The Kier molecular flexibility index (Phi) is 5.99. The molecule has 1 atom stereocenters. The third-order valence-electron chi connectivity index (χ3n) is 5.08. The topological polar surface area (TPSA) is 97.0 Å². The molecule has 1 aromatic carbocycles. The van der Waals surface area contributed by atoms with Crippen molar-refractivity contribution >= 4 is 45.5 Å². The summed E-state index contributed by atoms with van der Waals surface area (Å²) in [5.41, 5.74) is 7.88. The van der Waals surface area contributed by atoms with Crippen LogP contribution in [0.4, 0.5) is 16.8 Å². The molecule has 3 heterocycles. The van der Waals surface area contributed by atoms with Gasteiger partial charge in [-0.05, 0) is 37.5 Å². The average Bonchev–Trinajstić information content (AvgIpc) is 3.33. The lowest BCUT2D eigenvalue weighted by Gasteiger charge is -2.18. The van der Waals surface area contributed by atoms with Gasteiger partial charge in [-0.3, -0.25) is 4.79 Å². The molecule has 0 spiro atoms. The van der Waals surface area contributed by atoms with Crippen LogP contribution in [0.5, 0.6) is 0 Å². The molecule has 0 bridgehead atoms. The fraction of sp³-hybridized carbons (Fsp3) is 0.333. The van der Waals surface area contributed by atoms with Crippen molar-refractivity contribution in [3.8, 4) is 0 Å². The number of aromatic nitrogens is 3. The van der Waals surface area contributed by atoms with E-state index in [1.807, 2.05) is 32.0 Å². The molecular weight excluding hydrogens is 420 g/mol. The first kappa shape index (κ1) is 20.7. The molecule has 0 aliphatic carbocycles. The van der Waals surface area contributed by atoms with Gasteiger partial charge in [0.2, 0.25) is 0 Å². The Balaban J connectivity index is 1.48. The summed E-state index contributed by atoms with van der Waals surface area (Å²) in [5.74, 6) is 2.15. The molecule has 3 N–H and O–H groups in total. The minimum absolute atomic E-state index is 0.0117. The van der Waals surface area contributed by atoms with Crippen LogP contribution in [0.2, 0.25) is 5.02 Å². The van der Waals surface area contributed by atoms with Crippen LogP contribution in [-0.2, 0) is 6.42 Å². The van der Waals surface area contributed by atoms with Gasteiger partial charge in [-0.1, -0.05) is 35.1 Å². The third-order valence-corrected chi connectivity index (χ3v) is 6.39. The number of benzene rings is 1. The molecule has 4 rings (SSSR count). The number of nitrogens with zero attached hydrogens (tertiary/aromatic N) is 4. The van der Waals surface area contributed by atoms with Gasteiger partial charge in [-0.25, -0.2) is 15.0 Å². The van der Waals surface area contributed by atoms with Crippen LogP contribution in [0.25, 0.3) is 0 Å². The van der Waals surface area contributed by atoms with E-state index < -0.39 is 0 Å². The van der Waals surface area contributed by atoms with Crippen molar-refractivity contribution in [2.45, 2.75) is 32.7 Å². The zero-order chi connectivity index (χ0) is 21.3. The average molecular weight is 443 g/mol. The number of aryl methyl sites for hydroxylation is 2. The summed E-state index contributed by atoms with van der Waals surface area (Å²) < 4.78 is 0. The number of Topliss-reactive ketones (excluding diaryl/α,β-unsaturated/α-hetero) is 1. The highest BCUT2D eigenvalue weighted by atomic mass is 35.5. The summed E-state index contributed by atoms with van der Waals surface area (Å²) in [7, 11) is 0. The van der Waals surface area contributed by atoms with Crippen LogP contribution >= 0.6 is 22.9 Å². The van der Waals surface area contributed by atoms with Crippen molar-refractivity contribution in [2.75, 3.05) is 23.3 Å². The number of nitrogens with two attached hydrogens (primary N) is 1. The first-order valence-electron chi connectivity index (χ1n) is 9.75. The van der Waals surface area contributed by atoms with E-state index in [1.165, 1.54) is 11.3 Å². The summed E-state index contributed by atoms with van der Waals surface area (Å²) in [6.07, 6.45) is 2.80. The fourth-order valence-electron chi connectivity index (χ4n) is 3.48. The zero-order valence-corrected chi connectivity index (χ0v) is 18.4. The minimum atomic E-state index is -0.0117. The van der Waals surface area contributed by atoms with Gasteiger partial charge in [0.1, 0.15) is 17.5 Å². The second-order valence-corrected chi connectivity index (χ2v) is 8.88. The van der Waals surface area contributed by atoms with Gasteiger partial charge >= 0.3 is 0 Å². The maximum atomic E-state index is 12.7. The first-order chi connectivity index (χ1) is 14.4. The summed E-state index contributed by atoms with van der Waals surface area (Å²) in [6.45, 7) is 5.48. The molecule has 156 valence electrons. The highest BCUT2D eigenvalue weighted by Gasteiger charge is 2.21. The van der Waals surface area contributed by atoms with Crippen molar-refractivity contribution in [3.05, 3.63) is 57.3 Å². The number of ketones is 1. The first-order valence-corrected chi connectivity index (χ1v) is 10.9. The van der Waals surface area contributed by atoms with E-state index in [1.54, 1.807) is 12.3 Å². The third kappa shape index (κ3) is 4.61. The molecule has 7 nitrogen and oxygen atoms in total. The summed E-state index contributed by atoms with van der Waals surface area (Å²) in [6, 6.07) is 7.70.